The van der Waals surface area contributed by atoms with Gasteiger partial charge in [0.1, 0.15) is 17.2 Å². The summed E-state index contributed by atoms with van der Waals surface area (Å²) in [7, 11) is 1.62. The van der Waals surface area contributed by atoms with Crippen molar-refractivity contribution in [1.82, 2.24) is 4.98 Å². The first-order valence-electron chi connectivity index (χ1n) is 10.1. The molecule has 7 heteroatoms. The minimum Gasteiger partial charge on any atom is -0.497 e. The van der Waals surface area contributed by atoms with E-state index in [1.165, 1.54) is 0 Å². The second-order valence-electron chi connectivity index (χ2n) is 7.13. The van der Waals surface area contributed by atoms with E-state index in [9.17, 15) is 9.90 Å². The molecule has 164 valence electrons. The van der Waals surface area contributed by atoms with Gasteiger partial charge in [0, 0.05) is 18.8 Å². The fraction of sp³-hybridized carbons (Fsp3) is 0.333. The third-order valence-corrected chi connectivity index (χ3v) is 4.86. The Balaban J connectivity index is 1.42. The number of benzene rings is 2. The van der Waals surface area contributed by atoms with Crippen LogP contribution in [-0.4, -0.2) is 36.4 Å². The molecule has 0 aliphatic heterocycles. The first-order chi connectivity index (χ1) is 15.0. The number of hydrogen-bond acceptors (Lipinski definition) is 6. The van der Waals surface area contributed by atoms with Crippen LogP contribution in [-0.2, 0) is 22.7 Å². The van der Waals surface area contributed by atoms with Crippen LogP contribution >= 0.6 is 0 Å². The van der Waals surface area contributed by atoms with Gasteiger partial charge in [-0.3, -0.25) is 0 Å². The van der Waals surface area contributed by atoms with Crippen LogP contribution in [0.15, 0.2) is 46.9 Å². The number of hydrogen-bond donors (Lipinski definition) is 1. The number of carboxylic acids is 1. The molecule has 0 bridgehead atoms. The zero-order chi connectivity index (χ0) is 22.2. The fourth-order valence-electron chi connectivity index (χ4n) is 3.21. The molecule has 0 saturated heterocycles. The summed E-state index contributed by atoms with van der Waals surface area (Å²) in [4.78, 5) is 15.9. The lowest BCUT2D eigenvalue weighted by Gasteiger charge is -2.09. The number of aromatic nitrogens is 1. The Morgan fingerprint density at radius 1 is 1.06 bits per heavy atom. The van der Waals surface area contributed by atoms with Crippen LogP contribution in [0, 0.1) is 13.8 Å². The van der Waals surface area contributed by atoms with Crippen LogP contribution in [0.2, 0.25) is 0 Å². The van der Waals surface area contributed by atoms with Crippen molar-refractivity contribution in [3.8, 4) is 17.2 Å². The molecule has 0 aliphatic carbocycles. The van der Waals surface area contributed by atoms with Crippen molar-refractivity contribution >= 4 is 5.97 Å². The lowest BCUT2D eigenvalue weighted by molar-refractivity contribution is 0.0639. The van der Waals surface area contributed by atoms with E-state index in [0.717, 1.165) is 28.3 Å². The summed E-state index contributed by atoms with van der Waals surface area (Å²) in [6.45, 7) is 5.23. The van der Waals surface area contributed by atoms with E-state index in [1.807, 2.05) is 37.3 Å². The van der Waals surface area contributed by atoms with Crippen LogP contribution in [0.1, 0.15) is 39.4 Å². The quantitative estimate of drug-likeness (QED) is 0.442. The maximum Gasteiger partial charge on any atom is 0.336 e. The zero-order valence-electron chi connectivity index (χ0n) is 18.0. The Hall–Kier alpha value is -3.16. The third kappa shape index (κ3) is 5.93. The summed E-state index contributed by atoms with van der Waals surface area (Å²) in [5.41, 5.74) is 3.32. The smallest absolute Gasteiger partial charge is 0.336 e. The second-order valence-corrected chi connectivity index (χ2v) is 7.13. The Kier molecular flexibility index (Phi) is 7.81. The number of nitrogens with zero attached hydrogens (tertiary/aromatic N) is 1. The number of aryl methyl sites for hydroxylation is 2. The Labute approximate surface area is 181 Å². The third-order valence-electron chi connectivity index (χ3n) is 4.86. The standard InChI is InChI=1S/C24H27NO6/c1-16-7-4-9-19(22(16)24(26)27)14-29-11-6-12-30-15-21-17(2)31-23(25-21)18-8-5-10-20(13-18)28-3/h4-5,7-10,13H,6,11-12,14-15H2,1-3H3,(H,26,27). The van der Waals surface area contributed by atoms with E-state index in [4.69, 9.17) is 18.6 Å². The largest absolute Gasteiger partial charge is 0.497 e. The van der Waals surface area contributed by atoms with Crippen molar-refractivity contribution in [2.45, 2.75) is 33.5 Å². The van der Waals surface area contributed by atoms with Gasteiger partial charge in [-0.25, -0.2) is 9.78 Å². The molecular weight excluding hydrogens is 398 g/mol. The maximum absolute atomic E-state index is 11.4. The minimum atomic E-state index is -0.934. The highest BCUT2D eigenvalue weighted by atomic mass is 16.5. The van der Waals surface area contributed by atoms with Crippen molar-refractivity contribution in [1.29, 1.82) is 0 Å². The number of carbonyl (C=O) groups is 1. The van der Waals surface area contributed by atoms with Crippen molar-refractivity contribution in [2.75, 3.05) is 20.3 Å². The van der Waals surface area contributed by atoms with E-state index in [-0.39, 0.29) is 6.61 Å². The predicted molar refractivity (Wildman–Crippen MR) is 115 cm³/mol. The molecule has 0 atom stereocenters. The van der Waals surface area contributed by atoms with E-state index < -0.39 is 5.97 Å². The molecule has 0 amide bonds. The summed E-state index contributed by atoms with van der Waals surface area (Å²) in [5.74, 6) is 1.06. The highest BCUT2D eigenvalue weighted by Gasteiger charge is 2.13. The lowest BCUT2D eigenvalue weighted by Crippen LogP contribution is -2.08. The fourth-order valence-corrected chi connectivity index (χ4v) is 3.21. The molecule has 3 rings (SSSR count). The van der Waals surface area contributed by atoms with Gasteiger partial charge < -0.3 is 23.7 Å². The van der Waals surface area contributed by atoms with Gasteiger partial charge in [0.05, 0.1) is 25.9 Å². The van der Waals surface area contributed by atoms with Crippen LogP contribution in [0.4, 0.5) is 0 Å². The monoisotopic (exact) mass is 425 g/mol. The van der Waals surface area contributed by atoms with Gasteiger partial charge >= 0.3 is 5.97 Å². The lowest BCUT2D eigenvalue weighted by atomic mass is 10.0. The molecule has 2 aromatic carbocycles. The van der Waals surface area contributed by atoms with Gasteiger partial charge in [0.25, 0.3) is 0 Å². The Morgan fingerprint density at radius 3 is 2.55 bits per heavy atom. The minimum absolute atomic E-state index is 0.260. The average molecular weight is 425 g/mol. The number of ether oxygens (including phenoxy) is 3. The molecule has 1 heterocycles. The van der Waals surface area contributed by atoms with Crippen molar-refractivity contribution < 1.29 is 28.5 Å². The second kappa shape index (κ2) is 10.7. The molecule has 3 aromatic rings. The number of methoxy groups -OCH3 is 1. The Morgan fingerprint density at radius 2 is 1.81 bits per heavy atom. The molecule has 0 spiro atoms. The highest BCUT2D eigenvalue weighted by molar-refractivity contribution is 5.91. The molecular formula is C24H27NO6. The summed E-state index contributed by atoms with van der Waals surface area (Å²) >= 11 is 0. The van der Waals surface area contributed by atoms with Gasteiger partial charge in [0.15, 0.2) is 0 Å². The number of rotatable bonds is 11. The van der Waals surface area contributed by atoms with Crippen LogP contribution in [0.25, 0.3) is 11.5 Å². The number of aromatic carboxylic acids is 1. The highest BCUT2D eigenvalue weighted by Crippen LogP contribution is 2.25. The van der Waals surface area contributed by atoms with Gasteiger partial charge in [-0.15, -0.1) is 0 Å². The topological polar surface area (TPSA) is 91.0 Å². The maximum atomic E-state index is 11.4. The van der Waals surface area contributed by atoms with Gasteiger partial charge in [-0.2, -0.15) is 0 Å². The molecule has 0 radical (unpaired) electrons. The first kappa shape index (κ1) is 22.5. The molecule has 1 N–H and O–H groups in total. The number of carboxylic acid groups (broad SMARTS) is 1. The van der Waals surface area contributed by atoms with E-state index in [2.05, 4.69) is 4.98 Å². The van der Waals surface area contributed by atoms with E-state index in [1.54, 1.807) is 26.2 Å². The first-order valence-corrected chi connectivity index (χ1v) is 10.1. The molecule has 31 heavy (non-hydrogen) atoms. The van der Waals surface area contributed by atoms with Crippen LogP contribution in [0.3, 0.4) is 0 Å². The molecule has 1 aromatic heterocycles. The van der Waals surface area contributed by atoms with Crippen molar-refractivity contribution in [2.24, 2.45) is 0 Å². The summed E-state index contributed by atoms with van der Waals surface area (Å²) in [6, 6.07) is 12.9. The van der Waals surface area contributed by atoms with Crippen LogP contribution in [0.5, 0.6) is 5.75 Å². The average Bonchev–Trinajstić information content (AvgIpc) is 3.13. The SMILES string of the molecule is COc1cccc(-c2nc(COCCCOCc3cccc(C)c3C(=O)O)c(C)o2)c1. The molecule has 0 aliphatic rings. The Bertz CT molecular complexity index is 1030. The molecule has 0 saturated carbocycles. The summed E-state index contributed by atoms with van der Waals surface area (Å²) in [6.07, 6.45) is 0.688. The van der Waals surface area contributed by atoms with E-state index in [0.29, 0.717) is 43.3 Å². The van der Waals surface area contributed by atoms with E-state index >= 15 is 0 Å². The van der Waals surface area contributed by atoms with Crippen molar-refractivity contribution in [3.63, 3.8) is 0 Å². The predicted octanol–water partition coefficient (Wildman–Crippen LogP) is 4.79. The van der Waals surface area contributed by atoms with Crippen LogP contribution < -0.4 is 4.74 Å². The van der Waals surface area contributed by atoms with Gasteiger partial charge in [-0.05, 0) is 49.6 Å². The van der Waals surface area contributed by atoms with Gasteiger partial charge in [0.2, 0.25) is 5.89 Å². The van der Waals surface area contributed by atoms with Crippen molar-refractivity contribution in [3.05, 3.63) is 70.6 Å². The molecule has 0 fully saturated rings. The molecule has 7 nitrogen and oxygen atoms in total. The zero-order valence-corrected chi connectivity index (χ0v) is 18.0. The number of oxazole rings is 1. The summed E-state index contributed by atoms with van der Waals surface area (Å²) < 4.78 is 22.4. The van der Waals surface area contributed by atoms with Gasteiger partial charge in [-0.1, -0.05) is 24.3 Å². The normalized spacial score (nSPS) is 10.9. The molecule has 0 unspecified atom stereocenters. The summed E-state index contributed by atoms with van der Waals surface area (Å²) in [5, 5.41) is 9.36.